The predicted molar refractivity (Wildman–Crippen MR) is 76.1 cm³/mol. The molecule has 0 saturated carbocycles. The molecule has 1 aromatic carbocycles. The van der Waals surface area contributed by atoms with Gasteiger partial charge in [0.25, 0.3) is 0 Å². The lowest BCUT2D eigenvalue weighted by molar-refractivity contribution is 0.529. The van der Waals surface area contributed by atoms with Crippen LogP contribution in [0.2, 0.25) is 0 Å². The van der Waals surface area contributed by atoms with Crippen LogP contribution in [-0.4, -0.2) is 20.2 Å². The van der Waals surface area contributed by atoms with Crippen LogP contribution in [0.5, 0.6) is 0 Å². The molecule has 2 unspecified atom stereocenters. The molecule has 3 nitrogen and oxygen atoms in total. The maximum atomic E-state index is 12.6. The van der Waals surface area contributed by atoms with Gasteiger partial charge in [-0.15, -0.1) is 0 Å². The smallest absolute Gasteiger partial charge is 0.160 e. The highest BCUT2D eigenvalue weighted by Crippen LogP contribution is 2.31. The lowest BCUT2D eigenvalue weighted by atomic mass is 10.1. The van der Waals surface area contributed by atoms with Crippen LogP contribution in [0.25, 0.3) is 0 Å². The summed E-state index contributed by atoms with van der Waals surface area (Å²) in [4.78, 5) is 0. The molecule has 1 aromatic rings. The number of nitrogens with two attached hydrogens (primary N) is 1. The van der Waals surface area contributed by atoms with Crippen LogP contribution in [0.4, 0.5) is 0 Å². The minimum absolute atomic E-state index is 0.110. The van der Waals surface area contributed by atoms with Crippen molar-refractivity contribution < 1.29 is 8.42 Å². The van der Waals surface area contributed by atoms with Gasteiger partial charge in [-0.25, -0.2) is 8.42 Å². The monoisotopic (exact) mass is 269 g/mol. The summed E-state index contributed by atoms with van der Waals surface area (Å²) in [5, 5.41) is -0.838. The Kier molecular flexibility index (Phi) is 5.35. The minimum atomic E-state index is -3.20. The first-order valence-electron chi connectivity index (χ1n) is 6.39. The van der Waals surface area contributed by atoms with E-state index in [1.54, 1.807) is 6.92 Å². The second-order valence-electron chi connectivity index (χ2n) is 5.01. The first kappa shape index (κ1) is 15.2. The molecule has 2 N–H and O–H groups in total. The molecule has 0 aliphatic heterocycles. The Morgan fingerprint density at radius 1 is 1.11 bits per heavy atom. The third kappa shape index (κ3) is 3.33. The van der Waals surface area contributed by atoms with Gasteiger partial charge in [-0.2, -0.15) is 0 Å². The van der Waals surface area contributed by atoms with E-state index in [9.17, 15) is 8.42 Å². The quantitative estimate of drug-likeness (QED) is 0.863. The van der Waals surface area contributed by atoms with Crippen molar-refractivity contribution in [3.8, 4) is 0 Å². The fourth-order valence-corrected chi connectivity index (χ4v) is 4.26. The van der Waals surface area contributed by atoms with E-state index in [4.69, 9.17) is 5.73 Å². The van der Waals surface area contributed by atoms with Crippen molar-refractivity contribution in [2.45, 2.75) is 37.7 Å². The normalized spacial score (nSPS) is 15.6. The second-order valence-corrected chi connectivity index (χ2v) is 7.51. The van der Waals surface area contributed by atoms with Gasteiger partial charge in [-0.1, -0.05) is 44.2 Å². The summed E-state index contributed by atoms with van der Waals surface area (Å²) < 4.78 is 25.2. The Morgan fingerprint density at radius 3 is 2.11 bits per heavy atom. The summed E-state index contributed by atoms with van der Waals surface area (Å²) in [7, 11) is -3.20. The van der Waals surface area contributed by atoms with Crippen LogP contribution in [-0.2, 0) is 9.84 Å². The SMILES string of the molecule is CC(C)C(C)S(=O)(=O)C(CCN)c1ccccc1. The molecular formula is C14H23NO2S. The Labute approximate surface area is 110 Å². The van der Waals surface area contributed by atoms with Crippen LogP contribution in [0.15, 0.2) is 30.3 Å². The summed E-state index contributed by atoms with van der Waals surface area (Å²) in [6.07, 6.45) is 0.476. The Bertz CT molecular complexity index is 454. The Morgan fingerprint density at radius 2 is 1.67 bits per heavy atom. The van der Waals surface area contributed by atoms with Crippen molar-refractivity contribution in [1.29, 1.82) is 0 Å². The van der Waals surface area contributed by atoms with E-state index in [1.807, 2.05) is 44.2 Å². The summed E-state index contributed by atoms with van der Waals surface area (Å²) >= 11 is 0. The average Bonchev–Trinajstić information content (AvgIpc) is 2.35. The van der Waals surface area contributed by atoms with E-state index >= 15 is 0 Å². The van der Waals surface area contributed by atoms with Gasteiger partial charge in [0, 0.05) is 0 Å². The second kappa shape index (κ2) is 6.34. The lowest BCUT2D eigenvalue weighted by Gasteiger charge is -2.24. The zero-order valence-corrected chi connectivity index (χ0v) is 12.2. The molecule has 0 spiro atoms. The molecule has 0 aromatic heterocycles. The van der Waals surface area contributed by atoms with Crippen LogP contribution in [0.3, 0.4) is 0 Å². The molecule has 2 atom stereocenters. The van der Waals surface area contributed by atoms with Gasteiger partial charge in [0.2, 0.25) is 0 Å². The van der Waals surface area contributed by atoms with E-state index in [1.165, 1.54) is 0 Å². The topological polar surface area (TPSA) is 60.2 Å². The molecule has 0 aliphatic rings. The number of hydrogen-bond donors (Lipinski definition) is 1. The highest BCUT2D eigenvalue weighted by Gasteiger charge is 2.33. The van der Waals surface area contributed by atoms with E-state index in [-0.39, 0.29) is 11.2 Å². The van der Waals surface area contributed by atoms with Gasteiger partial charge >= 0.3 is 0 Å². The summed E-state index contributed by atoms with van der Waals surface area (Å²) in [5.74, 6) is 0.110. The van der Waals surface area contributed by atoms with Crippen LogP contribution >= 0.6 is 0 Å². The zero-order chi connectivity index (χ0) is 13.8. The summed E-state index contributed by atoms with van der Waals surface area (Å²) in [6, 6.07) is 9.36. The fourth-order valence-electron chi connectivity index (χ4n) is 1.98. The molecule has 0 aliphatic carbocycles. The Hall–Kier alpha value is -0.870. The molecule has 4 heteroatoms. The third-order valence-corrected chi connectivity index (χ3v) is 6.34. The van der Waals surface area contributed by atoms with Gasteiger partial charge in [0.15, 0.2) is 9.84 Å². The molecule has 0 heterocycles. The molecule has 0 amide bonds. The molecular weight excluding hydrogens is 246 g/mol. The maximum absolute atomic E-state index is 12.6. The highest BCUT2D eigenvalue weighted by molar-refractivity contribution is 7.92. The molecule has 18 heavy (non-hydrogen) atoms. The average molecular weight is 269 g/mol. The van der Waals surface area contributed by atoms with E-state index in [0.717, 1.165) is 5.56 Å². The molecule has 0 bridgehead atoms. The van der Waals surface area contributed by atoms with Crippen LogP contribution < -0.4 is 5.73 Å². The van der Waals surface area contributed by atoms with Crippen molar-refractivity contribution in [2.75, 3.05) is 6.54 Å². The summed E-state index contributed by atoms with van der Waals surface area (Å²) in [6.45, 7) is 6.04. The number of benzene rings is 1. The highest BCUT2D eigenvalue weighted by atomic mass is 32.2. The van der Waals surface area contributed by atoms with E-state index in [2.05, 4.69) is 0 Å². The van der Waals surface area contributed by atoms with Crippen LogP contribution in [0.1, 0.15) is 38.0 Å². The number of sulfone groups is 1. The van der Waals surface area contributed by atoms with Crippen molar-refractivity contribution in [3.63, 3.8) is 0 Å². The van der Waals surface area contributed by atoms with E-state index in [0.29, 0.717) is 13.0 Å². The molecule has 0 saturated heterocycles. The van der Waals surface area contributed by atoms with Crippen molar-refractivity contribution >= 4 is 9.84 Å². The largest absolute Gasteiger partial charge is 0.330 e. The molecule has 102 valence electrons. The number of rotatable bonds is 6. The molecule has 0 radical (unpaired) electrons. The molecule has 0 fully saturated rings. The van der Waals surface area contributed by atoms with Crippen molar-refractivity contribution in [1.82, 2.24) is 0 Å². The van der Waals surface area contributed by atoms with Crippen molar-refractivity contribution in [3.05, 3.63) is 35.9 Å². The van der Waals surface area contributed by atoms with Crippen molar-refractivity contribution in [2.24, 2.45) is 11.7 Å². The fraction of sp³-hybridized carbons (Fsp3) is 0.571. The maximum Gasteiger partial charge on any atom is 0.160 e. The molecule has 1 rings (SSSR count). The summed E-state index contributed by atoms with van der Waals surface area (Å²) in [5.41, 5.74) is 6.42. The predicted octanol–water partition coefficient (Wildman–Crippen LogP) is 2.54. The first-order chi connectivity index (χ1) is 8.41. The standard InChI is InChI=1S/C14H23NO2S/c1-11(2)12(3)18(16,17)14(9-10-15)13-7-5-4-6-8-13/h4-8,11-12,14H,9-10,15H2,1-3H3. The third-order valence-electron chi connectivity index (χ3n) is 3.45. The lowest BCUT2D eigenvalue weighted by Crippen LogP contribution is -2.30. The Balaban J connectivity index is 3.14. The number of hydrogen-bond acceptors (Lipinski definition) is 3. The van der Waals surface area contributed by atoms with Crippen LogP contribution in [0, 0.1) is 5.92 Å². The van der Waals surface area contributed by atoms with Gasteiger partial charge in [-0.3, -0.25) is 0 Å². The van der Waals surface area contributed by atoms with Gasteiger partial charge in [-0.05, 0) is 31.4 Å². The van der Waals surface area contributed by atoms with E-state index < -0.39 is 15.1 Å². The van der Waals surface area contributed by atoms with Gasteiger partial charge < -0.3 is 5.73 Å². The van der Waals surface area contributed by atoms with Gasteiger partial charge in [0.1, 0.15) is 0 Å². The first-order valence-corrected chi connectivity index (χ1v) is 8.00. The zero-order valence-electron chi connectivity index (χ0n) is 11.3. The minimum Gasteiger partial charge on any atom is -0.330 e. The van der Waals surface area contributed by atoms with Gasteiger partial charge in [0.05, 0.1) is 10.5 Å².